The Balaban J connectivity index is 1.64. The van der Waals surface area contributed by atoms with Gasteiger partial charge in [0.1, 0.15) is 6.07 Å². The molecule has 2 heterocycles. The highest BCUT2D eigenvalue weighted by molar-refractivity contribution is 5.90. The Kier molecular flexibility index (Phi) is 4.85. The maximum atomic E-state index is 13.0. The second kappa shape index (κ2) is 7.11. The molecular formula is C17H15F3N6O. The normalized spacial score (nSPS) is 14.3. The minimum atomic E-state index is -4.56. The summed E-state index contributed by atoms with van der Waals surface area (Å²) < 4.78 is 39.1. The van der Waals surface area contributed by atoms with Gasteiger partial charge in [-0.05, 0) is 12.1 Å². The van der Waals surface area contributed by atoms with Crippen molar-refractivity contribution in [1.29, 1.82) is 5.26 Å². The van der Waals surface area contributed by atoms with E-state index in [1.165, 1.54) is 42.5 Å². The number of aromatic nitrogens is 2. The number of carbonyl (C=O) groups excluding carboxylic acids is 1. The zero-order valence-corrected chi connectivity index (χ0v) is 14.2. The Morgan fingerprint density at radius 1 is 1.30 bits per heavy atom. The van der Waals surface area contributed by atoms with E-state index in [0.29, 0.717) is 18.9 Å². The summed E-state index contributed by atoms with van der Waals surface area (Å²) in [5.41, 5.74) is -1.01. The minimum absolute atomic E-state index is 0.183. The number of nitriles is 1. The van der Waals surface area contributed by atoms with E-state index in [4.69, 9.17) is 5.26 Å². The molecule has 27 heavy (non-hydrogen) atoms. The van der Waals surface area contributed by atoms with E-state index in [1.807, 2.05) is 6.07 Å². The first-order valence-corrected chi connectivity index (χ1v) is 7.97. The Morgan fingerprint density at radius 2 is 1.96 bits per heavy atom. The van der Waals surface area contributed by atoms with Crippen LogP contribution in [0.1, 0.15) is 11.3 Å². The molecule has 2 aromatic rings. The summed E-state index contributed by atoms with van der Waals surface area (Å²) >= 11 is 0. The van der Waals surface area contributed by atoms with Crippen LogP contribution in [0.4, 0.5) is 29.5 Å². The highest BCUT2D eigenvalue weighted by atomic mass is 19.4. The Hall–Kier alpha value is -3.35. The quantitative estimate of drug-likeness (QED) is 0.890. The molecule has 0 aliphatic carbocycles. The zero-order chi connectivity index (χ0) is 19.6. The average Bonchev–Trinajstić information content (AvgIpc) is 2.60. The topological polar surface area (TPSA) is 85.2 Å². The van der Waals surface area contributed by atoms with Crippen molar-refractivity contribution in [2.75, 3.05) is 30.4 Å². The summed E-state index contributed by atoms with van der Waals surface area (Å²) in [5.74, 6) is 0.424. The lowest BCUT2D eigenvalue weighted by Gasteiger charge is -2.44. The predicted octanol–water partition coefficient (Wildman–Crippen LogP) is 2.72. The van der Waals surface area contributed by atoms with Crippen molar-refractivity contribution in [3.8, 4) is 6.07 Å². The number of halogens is 3. The average molecular weight is 376 g/mol. The summed E-state index contributed by atoms with van der Waals surface area (Å²) in [6.07, 6.45) is -1.68. The Labute approximate surface area is 153 Å². The summed E-state index contributed by atoms with van der Waals surface area (Å²) in [4.78, 5) is 23.5. The Bertz CT molecular complexity index is 889. The van der Waals surface area contributed by atoms with Gasteiger partial charge in [0.15, 0.2) is 11.5 Å². The highest BCUT2D eigenvalue weighted by Gasteiger charge is 2.36. The lowest BCUT2D eigenvalue weighted by molar-refractivity contribution is -0.136. The van der Waals surface area contributed by atoms with Crippen LogP contribution in [-0.2, 0) is 6.18 Å². The van der Waals surface area contributed by atoms with Crippen molar-refractivity contribution in [3.63, 3.8) is 0 Å². The van der Waals surface area contributed by atoms with Crippen LogP contribution in [0.5, 0.6) is 0 Å². The smallest absolute Gasteiger partial charge is 0.350 e. The molecule has 1 fully saturated rings. The van der Waals surface area contributed by atoms with Gasteiger partial charge in [-0.25, -0.2) is 14.8 Å². The predicted molar refractivity (Wildman–Crippen MR) is 91.0 cm³/mol. The fraction of sp³-hybridized carbons (Fsp3) is 0.294. The van der Waals surface area contributed by atoms with Crippen molar-refractivity contribution in [2.24, 2.45) is 0 Å². The standard InChI is InChI=1S/C17H15F3N6O/c1-25(11-9-26(10-11)15-14(8-21)22-6-7-23-15)16(27)24-13-5-3-2-4-12(13)17(18,19)20/h2-7,11H,9-10H2,1H3,(H,24,27). The number of amides is 2. The molecule has 2 amide bonds. The van der Waals surface area contributed by atoms with Gasteiger partial charge in [-0.3, -0.25) is 0 Å². The summed E-state index contributed by atoms with van der Waals surface area (Å²) in [6.45, 7) is 0.802. The third-order valence-electron chi connectivity index (χ3n) is 4.29. The third kappa shape index (κ3) is 3.76. The van der Waals surface area contributed by atoms with Crippen molar-refractivity contribution in [1.82, 2.24) is 14.9 Å². The van der Waals surface area contributed by atoms with E-state index >= 15 is 0 Å². The first-order valence-electron chi connectivity index (χ1n) is 7.97. The molecule has 7 nitrogen and oxygen atoms in total. The first kappa shape index (κ1) is 18.4. The number of carbonyl (C=O) groups is 1. The molecule has 3 rings (SSSR count). The lowest BCUT2D eigenvalue weighted by atomic mass is 10.1. The van der Waals surface area contributed by atoms with Crippen molar-refractivity contribution < 1.29 is 18.0 Å². The zero-order valence-electron chi connectivity index (χ0n) is 14.2. The fourth-order valence-corrected chi connectivity index (χ4v) is 2.72. The fourth-order valence-electron chi connectivity index (χ4n) is 2.72. The maximum absolute atomic E-state index is 13.0. The molecule has 1 aliphatic heterocycles. The molecule has 1 saturated heterocycles. The number of hydrogen-bond acceptors (Lipinski definition) is 5. The SMILES string of the molecule is CN(C(=O)Nc1ccccc1C(F)(F)F)C1CN(c2nccnc2C#N)C1. The molecule has 0 saturated carbocycles. The molecule has 1 N–H and O–H groups in total. The van der Waals surface area contributed by atoms with Crippen LogP contribution in [-0.4, -0.2) is 47.1 Å². The summed E-state index contributed by atoms with van der Waals surface area (Å²) in [5, 5.41) is 11.4. The van der Waals surface area contributed by atoms with Gasteiger partial charge in [0, 0.05) is 32.5 Å². The van der Waals surface area contributed by atoms with E-state index < -0.39 is 17.8 Å². The minimum Gasteiger partial charge on any atom is -0.350 e. The third-order valence-corrected chi connectivity index (χ3v) is 4.29. The van der Waals surface area contributed by atoms with Gasteiger partial charge in [0.25, 0.3) is 0 Å². The van der Waals surface area contributed by atoms with E-state index in [0.717, 1.165) is 6.07 Å². The molecule has 0 unspecified atom stereocenters. The van der Waals surface area contributed by atoms with Crippen LogP contribution in [0, 0.1) is 11.3 Å². The second-order valence-electron chi connectivity index (χ2n) is 5.98. The molecule has 0 bridgehead atoms. The summed E-state index contributed by atoms with van der Waals surface area (Å²) in [6, 6.07) is 5.89. The van der Waals surface area contributed by atoms with E-state index in [1.54, 1.807) is 4.90 Å². The van der Waals surface area contributed by atoms with Crippen LogP contribution in [0.15, 0.2) is 36.7 Å². The number of anilines is 2. The molecule has 140 valence electrons. The number of nitrogens with zero attached hydrogens (tertiary/aromatic N) is 5. The Morgan fingerprint density at radius 3 is 2.63 bits per heavy atom. The highest BCUT2D eigenvalue weighted by Crippen LogP contribution is 2.34. The van der Waals surface area contributed by atoms with Crippen LogP contribution < -0.4 is 10.2 Å². The molecule has 1 aromatic carbocycles. The number of benzene rings is 1. The van der Waals surface area contributed by atoms with Crippen LogP contribution in [0.3, 0.4) is 0 Å². The number of hydrogen-bond donors (Lipinski definition) is 1. The van der Waals surface area contributed by atoms with Gasteiger partial charge in [0.05, 0.1) is 17.3 Å². The van der Waals surface area contributed by atoms with Crippen molar-refractivity contribution in [2.45, 2.75) is 12.2 Å². The monoisotopic (exact) mass is 376 g/mol. The molecule has 0 radical (unpaired) electrons. The first-order chi connectivity index (χ1) is 12.8. The van der Waals surface area contributed by atoms with Crippen molar-refractivity contribution in [3.05, 3.63) is 47.9 Å². The van der Waals surface area contributed by atoms with Gasteiger partial charge in [-0.1, -0.05) is 12.1 Å². The molecule has 0 spiro atoms. The van der Waals surface area contributed by atoms with E-state index in [-0.39, 0.29) is 17.4 Å². The molecule has 1 aliphatic rings. The lowest BCUT2D eigenvalue weighted by Crippen LogP contribution is -2.61. The number of rotatable bonds is 3. The van der Waals surface area contributed by atoms with Gasteiger partial charge < -0.3 is 15.1 Å². The maximum Gasteiger partial charge on any atom is 0.418 e. The second-order valence-corrected chi connectivity index (χ2v) is 5.98. The van der Waals surface area contributed by atoms with E-state index in [2.05, 4.69) is 15.3 Å². The molecule has 0 atom stereocenters. The van der Waals surface area contributed by atoms with Crippen molar-refractivity contribution >= 4 is 17.5 Å². The van der Waals surface area contributed by atoms with Gasteiger partial charge in [-0.15, -0.1) is 0 Å². The summed E-state index contributed by atoms with van der Waals surface area (Å²) in [7, 11) is 1.51. The van der Waals surface area contributed by atoms with E-state index in [9.17, 15) is 18.0 Å². The largest absolute Gasteiger partial charge is 0.418 e. The van der Waals surface area contributed by atoms with Gasteiger partial charge >= 0.3 is 12.2 Å². The van der Waals surface area contributed by atoms with Gasteiger partial charge in [0.2, 0.25) is 0 Å². The molecule has 1 aromatic heterocycles. The molecular weight excluding hydrogens is 361 g/mol. The van der Waals surface area contributed by atoms with Crippen LogP contribution in [0.25, 0.3) is 0 Å². The number of likely N-dealkylation sites (N-methyl/N-ethyl adjacent to an activating group) is 1. The number of alkyl halides is 3. The van der Waals surface area contributed by atoms with Gasteiger partial charge in [-0.2, -0.15) is 18.4 Å². The van der Waals surface area contributed by atoms with Crippen LogP contribution >= 0.6 is 0 Å². The number of nitrogens with one attached hydrogen (secondary N) is 1. The number of urea groups is 1. The van der Waals surface area contributed by atoms with Crippen LogP contribution in [0.2, 0.25) is 0 Å². The number of para-hydroxylation sites is 1. The molecule has 10 heteroatoms.